The molecule has 2 aromatic rings. The van der Waals surface area contributed by atoms with E-state index in [1.165, 1.54) is 18.0 Å². The van der Waals surface area contributed by atoms with Gasteiger partial charge in [-0.1, -0.05) is 35.0 Å². The van der Waals surface area contributed by atoms with E-state index >= 15 is 0 Å². The van der Waals surface area contributed by atoms with Gasteiger partial charge in [0.15, 0.2) is 12.0 Å². The van der Waals surface area contributed by atoms with Crippen LogP contribution in [-0.4, -0.2) is 53.5 Å². The Balaban J connectivity index is 2.12. The summed E-state index contributed by atoms with van der Waals surface area (Å²) in [5.41, 5.74) is 0.701. The molecule has 0 fully saturated rings. The first-order chi connectivity index (χ1) is 14.0. The van der Waals surface area contributed by atoms with Gasteiger partial charge in [0, 0.05) is 18.2 Å². The Kier molecular flexibility index (Phi) is 9.04. The predicted octanol–water partition coefficient (Wildman–Crippen LogP) is 2.36. The van der Waals surface area contributed by atoms with E-state index in [-0.39, 0.29) is 18.7 Å². The van der Waals surface area contributed by atoms with Crippen molar-refractivity contribution in [3.05, 3.63) is 46.7 Å². The van der Waals surface area contributed by atoms with Crippen molar-refractivity contribution in [3.63, 3.8) is 0 Å². The number of hydrogen-bond acceptors (Lipinski definition) is 7. The van der Waals surface area contributed by atoms with Gasteiger partial charge in [0.25, 0.3) is 5.91 Å². The van der Waals surface area contributed by atoms with Gasteiger partial charge >= 0.3 is 5.97 Å². The number of halogens is 1. The van der Waals surface area contributed by atoms with Gasteiger partial charge in [-0.2, -0.15) is 0 Å². The molecular weight excluding hydrogens is 400 g/mol. The lowest BCUT2D eigenvalue weighted by molar-refractivity contribution is -0.145. The highest BCUT2D eigenvalue weighted by Gasteiger charge is 2.23. The third-order valence-electron chi connectivity index (χ3n) is 4.00. The van der Waals surface area contributed by atoms with Crippen LogP contribution in [0.1, 0.15) is 42.4 Å². The molecule has 1 amide bonds. The van der Waals surface area contributed by atoms with E-state index in [9.17, 15) is 9.59 Å². The van der Waals surface area contributed by atoms with Crippen molar-refractivity contribution in [2.75, 3.05) is 20.3 Å². The molecule has 0 radical (unpaired) electrons. The molecule has 0 bridgehead atoms. The molecule has 0 aliphatic carbocycles. The number of carbonyl (C=O) groups is 2. The molecule has 158 valence electrons. The van der Waals surface area contributed by atoms with Crippen LogP contribution < -0.4 is 5.32 Å². The first kappa shape index (κ1) is 22.8. The van der Waals surface area contributed by atoms with Gasteiger partial charge in [-0.05, 0) is 25.5 Å². The van der Waals surface area contributed by atoms with Crippen LogP contribution in [0.3, 0.4) is 0 Å². The summed E-state index contributed by atoms with van der Waals surface area (Å²) in [7, 11) is 1.28. The van der Waals surface area contributed by atoms with Crippen molar-refractivity contribution >= 4 is 23.5 Å². The van der Waals surface area contributed by atoms with E-state index in [4.69, 9.17) is 25.8 Å². The van der Waals surface area contributed by atoms with Gasteiger partial charge in [-0.25, -0.2) is 4.68 Å². The standard InChI is InChI=1S/C19H25ClN4O5/c1-4-28-18(29-5-2)12-24-11-16(22-23-24)19(26)21-15(10-17(25)27-3)13-8-6-7-9-14(13)20/h6-9,11,15,18H,4-5,10,12H2,1-3H3,(H,21,26). The van der Waals surface area contributed by atoms with Crippen LogP contribution in [0.2, 0.25) is 5.02 Å². The topological polar surface area (TPSA) is 105 Å². The molecule has 2 rings (SSSR count). The summed E-state index contributed by atoms with van der Waals surface area (Å²) >= 11 is 6.23. The van der Waals surface area contributed by atoms with Crippen molar-refractivity contribution in [2.24, 2.45) is 0 Å². The van der Waals surface area contributed by atoms with Gasteiger partial charge in [-0.15, -0.1) is 5.10 Å². The third-order valence-corrected chi connectivity index (χ3v) is 4.34. The van der Waals surface area contributed by atoms with E-state index in [0.29, 0.717) is 23.8 Å². The maximum atomic E-state index is 12.7. The second kappa shape index (κ2) is 11.5. The molecular formula is C19H25ClN4O5. The SMILES string of the molecule is CCOC(Cn1cc(C(=O)NC(CC(=O)OC)c2ccccc2Cl)nn1)OCC. The highest BCUT2D eigenvalue weighted by Crippen LogP contribution is 2.25. The van der Waals surface area contributed by atoms with Crippen molar-refractivity contribution in [1.82, 2.24) is 20.3 Å². The Morgan fingerprint density at radius 2 is 1.90 bits per heavy atom. The minimum absolute atomic E-state index is 0.0726. The maximum Gasteiger partial charge on any atom is 0.307 e. The highest BCUT2D eigenvalue weighted by molar-refractivity contribution is 6.31. The zero-order valence-electron chi connectivity index (χ0n) is 16.6. The molecule has 0 aliphatic heterocycles. The molecule has 1 unspecified atom stereocenters. The number of ether oxygens (including phenoxy) is 3. The zero-order valence-corrected chi connectivity index (χ0v) is 17.4. The fourth-order valence-electron chi connectivity index (χ4n) is 2.65. The van der Waals surface area contributed by atoms with E-state index < -0.39 is 24.2 Å². The molecule has 0 aliphatic rings. The largest absolute Gasteiger partial charge is 0.469 e. The van der Waals surface area contributed by atoms with Gasteiger partial charge in [0.05, 0.1) is 32.3 Å². The molecule has 0 saturated carbocycles. The number of hydrogen-bond donors (Lipinski definition) is 1. The Morgan fingerprint density at radius 3 is 2.52 bits per heavy atom. The molecule has 29 heavy (non-hydrogen) atoms. The minimum atomic E-state index is -0.673. The summed E-state index contributed by atoms with van der Waals surface area (Å²) in [5.74, 6) is -0.968. The molecule has 1 N–H and O–H groups in total. The molecule has 1 aromatic heterocycles. The fourth-order valence-corrected chi connectivity index (χ4v) is 2.92. The molecule has 0 saturated heterocycles. The lowest BCUT2D eigenvalue weighted by Crippen LogP contribution is -2.31. The lowest BCUT2D eigenvalue weighted by Gasteiger charge is -2.18. The quantitative estimate of drug-likeness (QED) is 0.436. The second-order valence-corrected chi connectivity index (χ2v) is 6.40. The van der Waals surface area contributed by atoms with Crippen molar-refractivity contribution in [2.45, 2.75) is 39.1 Å². The van der Waals surface area contributed by atoms with Crippen LogP contribution in [0.25, 0.3) is 0 Å². The number of methoxy groups -OCH3 is 1. The number of nitrogens with zero attached hydrogens (tertiary/aromatic N) is 3. The zero-order chi connectivity index (χ0) is 21.2. The van der Waals surface area contributed by atoms with Crippen LogP contribution in [0, 0.1) is 0 Å². The number of benzene rings is 1. The summed E-state index contributed by atoms with van der Waals surface area (Å²) in [6.45, 7) is 4.99. The van der Waals surface area contributed by atoms with Crippen LogP contribution in [-0.2, 0) is 25.5 Å². The monoisotopic (exact) mass is 424 g/mol. The summed E-state index contributed by atoms with van der Waals surface area (Å²) in [6.07, 6.45) is 0.928. The molecule has 9 nitrogen and oxygen atoms in total. The Labute approximate surface area is 174 Å². The number of rotatable bonds is 11. The first-order valence-electron chi connectivity index (χ1n) is 9.23. The summed E-state index contributed by atoms with van der Waals surface area (Å²) in [5, 5.41) is 11.0. The molecule has 1 aromatic carbocycles. The van der Waals surface area contributed by atoms with Gasteiger partial charge in [0.1, 0.15) is 0 Å². The van der Waals surface area contributed by atoms with Gasteiger partial charge in [0.2, 0.25) is 0 Å². The minimum Gasteiger partial charge on any atom is -0.469 e. The second-order valence-electron chi connectivity index (χ2n) is 5.99. The molecule has 1 atom stereocenters. The van der Waals surface area contributed by atoms with E-state index in [1.807, 2.05) is 13.8 Å². The van der Waals surface area contributed by atoms with Crippen LogP contribution in [0.5, 0.6) is 0 Å². The number of amides is 1. The number of esters is 1. The Morgan fingerprint density at radius 1 is 1.21 bits per heavy atom. The van der Waals surface area contributed by atoms with E-state index in [2.05, 4.69) is 15.6 Å². The normalized spacial score (nSPS) is 12.0. The van der Waals surface area contributed by atoms with Crippen LogP contribution >= 0.6 is 11.6 Å². The van der Waals surface area contributed by atoms with Crippen molar-refractivity contribution in [3.8, 4) is 0 Å². The highest BCUT2D eigenvalue weighted by atomic mass is 35.5. The van der Waals surface area contributed by atoms with E-state index in [1.54, 1.807) is 24.3 Å². The van der Waals surface area contributed by atoms with Crippen molar-refractivity contribution in [1.29, 1.82) is 0 Å². The average molecular weight is 425 g/mol. The third kappa shape index (κ3) is 6.81. The molecule has 0 spiro atoms. The maximum absolute atomic E-state index is 12.7. The number of nitrogens with one attached hydrogen (secondary N) is 1. The fraction of sp³-hybridized carbons (Fsp3) is 0.474. The number of carbonyl (C=O) groups excluding carboxylic acids is 2. The van der Waals surface area contributed by atoms with E-state index in [0.717, 1.165) is 0 Å². The summed E-state index contributed by atoms with van der Waals surface area (Å²) in [4.78, 5) is 24.5. The Hall–Kier alpha value is -2.49. The predicted molar refractivity (Wildman–Crippen MR) is 105 cm³/mol. The first-order valence-corrected chi connectivity index (χ1v) is 9.61. The molecule has 1 heterocycles. The molecule has 10 heteroatoms. The van der Waals surface area contributed by atoms with Crippen LogP contribution in [0.15, 0.2) is 30.5 Å². The Bertz CT molecular complexity index is 807. The smallest absolute Gasteiger partial charge is 0.307 e. The van der Waals surface area contributed by atoms with Crippen molar-refractivity contribution < 1.29 is 23.8 Å². The summed E-state index contributed by atoms with van der Waals surface area (Å²) in [6, 6.07) is 6.29. The number of aromatic nitrogens is 3. The lowest BCUT2D eigenvalue weighted by atomic mass is 10.0. The van der Waals surface area contributed by atoms with Gasteiger partial charge in [-0.3, -0.25) is 9.59 Å². The van der Waals surface area contributed by atoms with Crippen LogP contribution in [0.4, 0.5) is 0 Å². The summed E-state index contributed by atoms with van der Waals surface area (Å²) < 4.78 is 17.1. The van der Waals surface area contributed by atoms with Gasteiger partial charge < -0.3 is 19.5 Å². The average Bonchev–Trinajstić information content (AvgIpc) is 3.17.